The minimum Gasteiger partial charge on any atom is -0.510 e. The van der Waals surface area contributed by atoms with E-state index in [9.17, 15) is 39.6 Å². The molecule has 2 amide bonds. The Bertz CT molecular complexity index is 1320. The van der Waals surface area contributed by atoms with Crippen LogP contribution in [0.1, 0.15) is 42.1 Å². The fraction of sp³-hybridized carbons (Fsp3) is 0.440. The molecule has 3 aliphatic carbocycles. The van der Waals surface area contributed by atoms with Crippen LogP contribution >= 0.6 is 0 Å². The van der Waals surface area contributed by atoms with E-state index >= 15 is 4.39 Å². The lowest BCUT2D eigenvalue weighted by atomic mass is 9.59. The molecule has 1 aromatic rings. The van der Waals surface area contributed by atoms with Crippen molar-refractivity contribution in [2.24, 2.45) is 23.3 Å². The minimum absolute atomic E-state index is 0.126. The fourth-order valence-electron chi connectivity index (χ4n) is 5.53. The van der Waals surface area contributed by atoms with Crippen molar-refractivity contribution in [1.82, 2.24) is 5.32 Å². The molecule has 0 aromatic heterocycles. The van der Waals surface area contributed by atoms with E-state index in [4.69, 9.17) is 11.5 Å². The summed E-state index contributed by atoms with van der Waals surface area (Å²) in [4.78, 5) is 50.6. The van der Waals surface area contributed by atoms with Gasteiger partial charge in [-0.2, -0.15) is 0 Å². The number of amides is 2. The second-order valence-electron chi connectivity index (χ2n) is 9.77. The van der Waals surface area contributed by atoms with E-state index in [2.05, 4.69) is 10.6 Å². The summed E-state index contributed by atoms with van der Waals surface area (Å²) in [7, 11) is 0. The Kier molecular flexibility index (Phi) is 7.03. The van der Waals surface area contributed by atoms with Crippen molar-refractivity contribution >= 4 is 29.1 Å². The molecule has 3 aliphatic rings. The number of aromatic hydroxyl groups is 1. The van der Waals surface area contributed by atoms with Gasteiger partial charge in [0.15, 0.2) is 17.1 Å². The van der Waals surface area contributed by atoms with Gasteiger partial charge in [-0.25, -0.2) is 4.39 Å². The van der Waals surface area contributed by atoms with E-state index in [-0.39, 0.29) is 30.6 Å². The molecule has 4 rings (SSSR count). The summed E-state index contributed by atoms with van der Waals surface area (Å²) in [6, 6.07) is -0.620. The van der Waals surface area contributed by atoms with E-state index in [1.807, 2.05) is 6.92 Å². The highest BCUT2D eigenvalue weighted by molar-refractivity contribution is 6.25. The standard InChI is InChI=1S/C25H29FN4O8/c1-2-3-4-29-8-14(31)30-13-7-12(26)10-5-9-6-11-18(27)21(34)17(24(28)37)23(36)25(11,38)22(35)15(9)20(33)16(10)19(13)32/h7,9,11,18,29,32,34-35,38H,2-6,8,27H2,1H3,(H2,28,37)(H,30,31)/t9-,11-,18-,25-/m0/s1. The topological polar surface area (TPSA) is 225 Å². The van der Waals surface area contributed by atoms with Crippen molar-refractivity contribution in [1.29, 1.82) is 0 Å². The number of nitrogens with two attached hydrogens (primary N) is 2. The highest BCUT2D eigenvalue weighted by atomic mass is 19.1. The molecule has 0 radical (unpaired) electrons. The Labute approximate surface area is 216 Å². The number of halogens is 1. The summed E-state index contributed by atoms with van der Waals surface area (Å²) in [6.07, 6.45) is 1.27. The lowest BCUT2D eigenvalue weighted by Crippen LogP contribution is -2.63. The molecule has 0 saturated carbocycles. The average molecular weight is 533 g/mol. The van der Waals surface area contributed by atoms with Crippen molar-refractivity contribution in [3.8, 4) is 5.75 Å². The molecule has 0 fully saturated rings. The summed E-state index contributed by atoms with van der Waals surface area (Å²) in [5, 5.41) is 48.8. The summed E-state index contributed by atoms with van der Waals surface area (Å²) in [5.74, 6) is -10.4. The predicted molar refractivity (Wildman–Crippen MR) is 131 cm³/mol. The number of aliphatic hydroxyl groups is 3. The fourth-order valence-corrected chi connectivity index (χ4v) is 5.53. The monoisotopic (exact) mass is 532 g/mol. The van der Waals surface area contributed by atoms with E-state index < -0.39 is 86.7 Å². The maximum atomic E-state index is 15.2. The van der Waals surface area contributed by atoms with Gasteiger partial charge in [-0.05, 0) is 31.7 Å². The SMILES string of the molecule is CCCCNCC(=O)Nc1cc(F)c2c(c1O)C(=O)C1=C(O)[C@]3(O)C(=O)C(C(N)=O)=C(O)[C@@H](N)[C@@H]3C[C@@H]1C2. The van der Waals surface area contributed by atoms with Gasteiger partial charge < -0.3 is 42.5 Å². The zero-order valence-electron chi connectivity index (χ0n) is 20.5. The van der Waals surface area contributed by atoms with Gasteiger partial charge in [0.2, 0.25) is 11.7 Å². The van der Waals surface area contributed by atoms with Gasteiger partial charge in [-0.1, -0.05) is 13.3 Å². The van der Waals surface area contributed by atoms with Gasteiger partial charge in [0, 0.05) is 23.1 Å². The number of rotatable bonds is 7. The molecule has 0 heterocycles. The maximum Gasteiger partial charge on any atom is 0.255 e. The van der Waals surface area contributed by atoms with Crippen molar-refractivity contribution < 1.29 is 44.0 Å². The molecular formula is C25H29FN4O8. The number of phenols is 1. The first-order chi connectivity index (χ1) is 17.9. The number of phenolic OH excluding ortho intramolecular Hbond substituents is 1. The lowest BCUT2D eigenvalue weighted by molar-refractivity contribution is -0.145. The molecule has 0 bridgehead atoms. The number of fused-ring (bicyclic) bond motifs is 3. The van der Waals surface area contributed by atoms with E-state index in [1.165, 1.54) is 0 Å². The minimum atomic E-state index is -2.86. The molecular weight excluding hydrogens is 503 g/mol. The van der Waals surface area contributed by atoms with Crippen LogP contribution in [-0.4, -0.2) is 68.5 Å². The van der Waals surface area contributed by atoms with E-state index in [0.717, 1.165) is 18.9 Å². The van der Waals surface area contributed by atoms with E-state index in [0.29, 0.717) is 6.54 Å². The van der Waals surface area contributed by atoms with Crippen LogP contribution in [0.25, 0.3) is 0 Å². The number of benzene rings is 1. The van der Waals surface area contributed by atoms with Gasteiger partial charge in [0.1, 0.15) is 22.9 Å². The quantitative estimate of drug-likeness (QED) is 0.133. The average Bonchev–Trinajstić information content (AvgIpc) is 2.85. The molecule has 1 aromatic carbocycles. The van der Waals surface area contributed by atoms with Crippen molar-refractivity contribution in [3.05, 3.63) is 45.7 Å². The van der Waals surface area contributed by atoms with Crippen LogP contribution in [0.4, 0.5) is 10.1 Å². The molecule has 13 heteroatoms. The zero-order chi connectivity index (χ0) is 28.1. The van der Waals surface area contributed by atoms with Gasteiger partial charge in [0.25, 0.3) is 5.91 Å². The zero-order valence-corrected chi connectivity index (χ0v) is 20.5. The Balaban J connectivity index is 1.75. The smallest absolute Gasteiger partial charge is 0.255 e. The molecule has 10 N–H and O–H groups in total. The molecule has 38 heavy (non-hydrogen) atoms. The Morgan fingerprint density at radius 1 is 1.24 bits per heavy atom. The summed E-state index contributed by atoms with van der Waals surface area (Å²) < 4.78 is 15.2. The normalized spacial score (nSPS) is 26.6. The number of hydrogen-bond acceptors (Lipinski definition) is 10. The van der Waals surface area contributed by atoms with Gasteiger partial charge in [-0.3, -0.25) is 19.2 Å². The first kappa shape index (κ1) is 27.2. The second-order valence-corrected chi connectivity index (χ2v) is 9.77. The van der Waals surface area contributed by atoms with Crippen LogP contribution in [0.3, 0.4) is 0 Å². The number of ketones is 2. The van der Waals surface area contributed by atoms with Crippen LogP contribution < -0.4 is 22.1 Å². The number of anilines is 1. The highest BCUT2D eigenvalue weighted by Crippen LogP contribution is 2.52. The first-order valence-corrected chi connectivity index (χ1v) is 12.1. The number of aliphatic hydroxyl groups excluding tert-OH is 2. The Morgan fingerprint density at radius 3 is 2.55 bits per heavy atom. The number of Topliss-reactive ketones (excluding diaryl/α,β-unsaturated/α-hetero) is 2. The van der Waals surface area contributed by atoms with Crippen LogP contribution in [0, 0.1) is 17.7 Å². The van der Waals surface area contributed by atoms with Crippen molar-refractivity contribution in [2.75, 3.05) is 18.4 Å². The first-order valence-electron chi connectivity index (χ1n) is 12.1. The number of allylic oxidation sites excluding steroid dienone is 1. The summed E-state index contributed by atoms with van der Waals surface area (Å²) >= 11 is 0. The van der Waals surface area contributed by atoms with Crippen LogP contribution in [0.15, 0.2) is 28.7 Å². The number of carbonyl (C=O) groups is 4. The number of hydrogen-bond donors (Lipinski definition) is 8. The van der Waals surface area contributed by atoms with Gasteiger partial charge in [-0.15, -0.1) is 0 Å². The Morgan fingerprint density at radius 2 is 1.92 bits per heavy atom. The third kappa shape index (κ3) is 4.03. The lowest BCUT2D eigenvalue weighted by Gasteiger charge is -2.47. The second kappa shape index (κ2) is 9.82. The van der Waals surface area contributed by atoms with Gasteiger partial charge >= 0.3 is 0 Å². The number of nitrogens with one attached hydrogen (secondary N) is 2. The van der Waals surface area contributed by atoms with Gasteiger partial charge in [0.05, 0.1) is 23.8 Å². The Hall–Kier alpha value is -3.81. The summed E-state index contributed by atoms with van der Waals surface area (Å²) in [6.45, 7) is 2.42. The molecule has 0 unspecified atom stereocenters. The van der Waals surface area contributed by atoms with Crippen LogP contribution in [0.2, 0.25) is 0 Å². The van der Waals surface area contributed by atoms with Crippen LogP contribution in [0.5, 0.6) is 5.75 Å². The molecule has 0 saturated heterocycles. The molecule has 12 nitrogen and oxygen atoms in total. The largest absolute Gasteiger partial charge is 0.510 e. The van der Waals surface area contributed by atoms with Crippen molar-refractivity contribution in [3.63, 3.8) is 0 Å². The molecule has 0 spiro atoms. The maximum absolute atomic E-state index is 15.2. The highest BCUT2D eigenvalue weighted by Gasteiger charge is 2.62. The molecule has 0 aliphatic heterocycles. The van der Waals surface area contributed by atoms with Crippen molar-refractivity contribution in [2.45, 2.75) is 44.2 Å². The third-order valence-corrected chi connectivity index (χ3v) is 7.47. The number of unbranched alkanes of at least 4 members (excludes halogenated alkanes) is 1. The van der Waals surface area contributed by atoms with E-state index in [1.54, 1.807) is 0 Å². The summed E-state index contributed by atoms with van der Waals surface area (Å²) in [5.41, 5.74) is 5.72. The number of carbonyl (C=O) groups excluding carboxylic acids is 4. The third-order valence-electron chi connectivity index (χ3n) is 7.47. The predicted octanol–water partition coefficient (Wildman–Crippen LogP) is -0.0150. The number of primary amides is 1. The van der Waals surface area contributed by atoms with Crippen LogP contribution in [-0.2, 0) is 20.8 Å². The molecule has 4 atom stereocenters. The molecule has 204 valence electrons.